The van der Waals surface area contributed by atoms with Gasteiger partial charge in [0.25, 0.3) is 0 Å². The van der Waals surface area contributed by atoms with E-state index in [-0.39, 0.29) is 10.8 Å². The van der Waals surface area contributed by atoms with Crippen molar-refractivity contribution < 1.29 is 14.3 Å². The number of ether oxygens (including phenoxy) is 2. The van der Waals surface area contributed by atoms with E-state index in [0.717, 1.165) is 11.1 Å². The SMILES string of the molecule is COC(=O)Oc1ccc(-c2ccc(-c3ccccc3)c(-c3ccc4c(c3)C(C)(C)CCC4(C)C)c2)cc1. The van der Waals surface area contributed by atoms with Gasteiger partial charge in [-0.15, -0.1) is 0 Å². The molecule has 3 nitrogen and oxygen atoms in total. The molecule has 0 aromatic heterocycles. The molecule has 5 rings (SSSR count). The van der Waals surface area contributed by atoms with Crippen LogP contribution in [0.5, 0.6) is 5.75 Å². The van der Waals surface area contributed by atoms with E-state index in [1.165, 1.54) is 53.3 Å². The van der Waals surface area contributed by atoms with Crippen LogP contribution in [0.15, 0.2) is 91.0 Å². The fraction of sp³-hybridized carbons (Fsp3) is 0.265. The molecule has 1 aliphatic rings. The lowest BCUT2D eigenvalue weighted by molar-refractivity contribution is 0.121. The van der Waals surface area contributed by atoms with Crippen molar-refractivity contribution in [3.05, 3.63) is 102 Å². The van der Waals surface area contributed by atoms with Crippen LogP contribution < -0.4 is 4.74 Å². The maximum atomic E-state index is 11.5. The first-order valence-electron chi connectivity index (χ1n) is 12.9. The van der Waals surface area contributed by atoms with E-state index >= 15 is 0 Å². The highest BCUT2D eigenvalue weighted by Gasteiger charge is 2.37. The highest BCUT2D eigenvalue weighted by atomic mass is 16.7. The van der Waals surface area contributed by atoms with E-state index in [1.54, 1.807) is 12.1 Å². The number of carbonyl (C=O) groups is 1. The Labute approximate surface area is 220 Å². The van der Waals surface area contributed by atoms with Gasteiger partial charge >= 0.3 is 6.16 Å². The van der Waals surface area contributed by atoms with Crippen molar-refractivity contribution >= 4 is 6.16 Å². The minimum Gasteiger partial charge on any atom is -0.437 e. The van der Waals surface area contributed by atoms with Gasteiger partial charge in [0, 0.05) is 0 Å². The lowest BCUT2D eigenvalue weighted by atomic mass is 9.63. The van der Waals surface area contributed by atoms with Gasteiger partial charge in [-0.1, -0.05) is 100 Å². The Balaban J connectivity index is 1.63. The zero-order valence-corrected chi connectivity index (χ0v) is 22.3. The molecule has 0 unspecified atom stereocenters. The van der Waals surface area contributed by atoms with Gasteiger partial charge in [-0.25, -0.2) is 4.79 Å². The van der Waals surface area contributed by atoms with Crippen LogP contribution in [0.25, 0.3) is 33.4 Å². The van der Waals surface area contributed by atoms with Crippen molar-refractivity contribution in [2.24, 2.45) is 0 Å². The normalized spacial score (nSPS) is 15.5. The number of rotatable bonds is 4. The third-order valence-electron chi connectivity index (χ3n) is 7.82. The lowest BCUT2D eigenvalue weighted by Gasteiger charge is -2.42. The van der Waals surface area contributed by atoms with E-state index in [1.807, 2.05) is 12.1 Å². The molecule has 4 aromatic rings. The maximum Gasteiger partial charge on any atom is 0.513 e. The number of hydrogen-bond acceptors (Lipinski definition) is 3. The van der Waals surface area contributed by atoms with E-state index in [4.69, 9.17) is 4.74 Å². The number of fused-ring (bicyclic) bond motifs is 1. The Morgan fingerprint density at radius 2 is 1.24 bits per heavy atom. The maximum absolute atomic E-state index is 11.5. The fourth-order valence-corrected chi connectivity index (χ4v) is 5.44. The van der Waals surface area contributed by atoms with E-state index in [9.17, 15) is 4.79 Å². The van der Waals surface area contributed by atoms with Crippen molar-refractivity contribution in [2.75, 3.05) is 7.11 Å². The third kappa shape index (κ3) is 4.91. The van der Waals surface area contributed by atoms with Crippen LogP contribution in [0.4, 0.5) is 4.79 Å². The van der Waals surface area contributed by atoms with Crippen LogP contribution in [-0.2, 0) is 15.6 Å². The first-order chi connectivity index (χ1) is 17.7. The number of methoxy groups -OCH3 is 1. The van der Waals surface area contributed by atoms with Crippen molar-refractivity contribution in [3.8, 4) is 39.1 Å². The van der Waals surface area contributed by atoms with E-state index < -0.39 is 6.16 Å². The molecule has 0 heterocycles. The summed E-state index contributed by atoms with van der Waals surface area (Å²) in [5, 5.41) is 0. The minimum absolute atomic E-state index is 0.140. The summed E-state index contributed by atoms with van der Waals surface area (Å²) >= 11 is 0. The standard InChI is InChI=1S/C34H34O3/c1-33(2)19-20-34(3,4)31-22-26(14-18-30(31)33)29-21-25(13-17-28(29)24-9-7-6-8-10-24)23-11-15-27(16-12-23)37-32(35)36-5/h6-18,21-22H,19-20H2,1-5H3. The molecular weight excluding hydrogens is 456 g/mol. The summed E-state index contributed by atoms with van der Waals surface area (Å²) < 4.78 is 9.75. The molecule has 4 aromatic carbocycles. The summed E-state index contributed by atoms with van der Waals surface area (Å²) in [6.07, 6.45) is 1.66. The monoisotopic (exact) mass is 490 g/mol. The Hall–Kier alpha value is -3.85. The van der Waals surface area contributed by atoms with Gasteiger partial charge < -0.3 is 9.47 Å². The second-order valence-corrected chi connectivity index (χ2v) is 11.2. The van der Waals surface area contributed by atoms with Gasteiger partial charge in [0.2, 0.25) is 0 Å². The first-order valence-corrected chi connectivity index (χ1v) is 12.9. The van der Waals surface area contributed by atoms with Gasteiger partial charge in [0.1, 0.15) is 5.75 Å². The molecule has 0 amide bonds. The first kappa shape index (κ1) is 24.8. The van der Waals surface area contributed by atoms with Gasteiger partial charge in [0.15, 0.2) is 0 Å². The Kier molecular flexibility index (Phi) is 6.41. The summed E-state index contributed by atoms with van der Waals surface area (Å²) in [5.74, 6) is 0.455. The summed E-state index contributed by atoms with van der Waals surface area (Å²) in [6.45, 7) is 9.48. The summed E-state index contributed by atoms with van der Waals surface area (Å²) in [6, 6.07) is 31.8. The Morgan fingerprint density at radius 1 is 0.622 bits per heavy atom. The Bertz CT molecular complexity index is 1430. The summed E-state index contributed by atoms with van der Waals surface area (Å²) in [7, 11) is 1.30. The smallest absolute Gasteiger partial charge is 0.437 e. The predicted octanol–water partition coefficient (Wildman–Crippen LogP) is 9.18. The fourth-order valence-electron chi connectivity index (χ4n) is 5.44. The molecule has 0 atom stereocenters. The molecule has 37 heavy (non-hydrogen) atoms. The van der Waals surface area contributed by atoms with Crippen LogP contribution in [0.3, 0.4) is 0 Å². The van der Waals surface area contributed by atoms with Gasteiger partial charge in [-0.05, 0) is 86.4 Å². The van der Waals surface area contributed by atoms with Crippen LogP contribution >= 0.6 is 0 Å². The molecule has 0 aliphatic heterocycles. The molecule has 0 spiro atoms. The van der Waals surface area contributed by atoms with Gasteiger partial charge in [-0.2, -0.15) is 0 Å². The topological polar surface area (TPSA) is 35.5 Å². The van der Waals surface area contributed by atoms with Crippen molar-refractivity contribution in [1.29, 1.82) is 0 Å². The molecule has 0 bridgehead atoms. The second kappa shape index (κ2) is 9.55. The highest BCUT2D eigenvalue weighted by Crippen LogP contribution is 2.47. The number of benzene rings is 4. The van der Waals surface area contributed by atoms with Gasteiger partial charge in [0.05, 0.1) is 7.11 Å². The number of hydrogen-bond donors (Lipinski definition) is 0. The van der Waals surface area contributed by atoms with Crippen LogP contribution in [0, 0.1) is 0 Å². The average Bonchev–Trinajstić information content (AvgIpc) is 2.91. The molecule has 0 saturated carbocycles. The quantitative estimate of drug-likeness (QED) is 0.211. The van der Waals surface area contributed by atoms with Crippen molar-refractivity contribution in [3.63, 3.8) is 0 Å². The zero-order valence-electron chi connectivity index (χ0n) is 22.3. The van der Waals surface area contributed by atoms with Crippen LogP contribution in [0.2, 0.25) is 0 Å². The number of carbonyl (C=O) groups excluding carboxylic acids is 1. The molecular formula is C34H34O3. The zero-order chi connectivity index (χ0) is 26.2. The van der Waals surface area contributed by atoms with E-state index in [0.29, 0.717) is 5.75 Å². The Morgan fingerprint density at radius 3 is 1.92 bits per heavy atom. The van der Waals surface area contributed by atoms with Crippen LogP contribution in [-0.4, -0.2) is 13.3 Å². The molecule has 0 fully saturated rings. The molecule has 0 radical (unpaired) electrons. The average molecular weight is 491 g/mol. The molecule has 0 saturated heterocycles. The van der Waals surface area contributed by atoms with Gasteiger partial charge in [-0.3, -0.25) is 0 Å². The van der Waals surface area contributed by atoms with E-state index in [2.05, 4.69) is 99.2 Å². The molecule has 3 heteroatoms. The molecule has 0 N–H and O–H groups in total. The van der Waals surface area contributed by atoms with Crippen molar-refractivity contribution in [1.82, 2.24) is 0 Å². The second-order valence-electron chi connectivity index (χ2n) is 11.2. The minimum atomic E-state index is -0.722. The van der Waals surface area contributed by atoms with Crippen molar-refractivity contribution in [2.45, 2.75) is 51.4 Å². The largest absolute Gasteiger partial charge is 0.513 e. The summed E-state index contributed by atoms with van der Waals surface area (Å²) in [4.78, 5) is 11.5. The third-order valence-corrected chi connectivity index (χ3v) is 7.82. The highest BCUT2D eigenvalue weighted by molar-refractivity contribution is 5.87. The molecule has 188 valence electrons. The summed E-state index contributed by atoms with van der Waals surface area (Å²) in [5.41, 5.74) is 10.3. The molecule has 1 aliphatic carbocycles. The predicted molar refractivity (Wildman–Crippen MR) is 151 cm³/mol. The van der Waals surface area contributed by atoms with Crippen LogP contribution in [0.1, 0.15) is 51.7 Å². The lowest BCUT2D eigenvalue weighted by Crippen LogP contribution is -2.33.